The minimum absolute atomic E-state index is 0.258. The molecule has 1 aromatic heterocycles. The molecule has 3 aromatic rings. The Balaban J connectivity index is 1.79. The zero-order valence-corrected chi connectivity index (χ0v) is 15.4. The molecule has 1 N–H and O–H groups in total. The van der Waals surface area contributed by atoms with E-state index in [-0.39, 0.29) is 5.91 Å². The van der Waals surface area contributed by atoms with E-state index in [9.17, 15) is 4.79 Å². The maximum absolute atomic E-state index is 12.3. The van der Waals surface area contributed by atoms with Gasteiger partial charge in [0.1, 0.15) is 0 Å². The van der Waals surface area contributed by atoms with Crippen LogP contribution in [0, 0.1) is 0 Å². The summed E-state index contributed by atoms with van der Waals surface area (Å²) >= 11 is 15.5. The lowest BCUT2D eigenvalue weighted by Crippen LogP contribution is -2.12. The maximum atomic E-state index is 12.3. The molecule has 0 aliphatic heterocycles. The van der Waals surface area contributed by atoms with Crippen molar-refractivity contribution in [2.45, 2.75) is 0 Å². The molecule has 1 heterocycles. The first-order chi connectivity index (χ1) is 11.5. The fourth-order valence-corrected chi connectivity index (χ4v) is 2.79. The minimum atomic E-state index is -0.258. The topological polar surface area (TPSA) is 42.0 Å². The van der Waals surface area contributed by atoms with E-state index in [1.807, 2.05) is 18.2 Å². The molecule has 3 rings (SSSR count). The second-order valence-electron chi connectivity index (χ2n) is 4.99. The second kappa shape index (κ2) is 7.34. The summed E-state index contributed by atoms with van der Waals surface area (Å²) in [5.41, 5.74) is 2.60. The van der Waals surface area contributed by atoms with Crippen LogP contribution < -0.4 is 5.32 Å². The van der Waals surface area contributed by atoms with E-state index < -0.39 is 0 Å². The number of carbonyl (C=O) groups excluding carboxylic acids is 1. The zero-order chi connectivity index (χ0) is 17.1. The maximum Gasteiger partial charge on any atom is 0.257 e. The summed E-state index contributed by atoms with van der Waals surface area (Å²) in [5, 5.41) is 3.93. The van der Waals surface area contributed by atoms with E-state index in [1.54, 1.807) is 36.4 Å². The Kier molecular flexibility index (Phi) is 5.19. The third-order valence-electron chi connectivity index (χ3n) is 3.35. The van der Waals surface area contributed by atoms with Gasteiger partial charge in [-0.05, 0) is 52.3 Å². The number of pyridine rings is 1. The Bertz CT molecular complexity index is 898. The van der Waals surface area contributed by atoms with Gasteiger partial charge in [0.15, 0.2) is 0 Å². The number of nitrogens with zero attached hydrogens (tertiary/aromatic N) is 1. The van der Waals surface area contributed by atoms with Gasteiger partial charge in [-0.3, -0.25) is 9.78 Å². The zero-order valence-electron chi connectivity index (χ0n) is 12.3. The Hall–Kier alpha value is -1.88. The highest BCUT2D eigenvalue weighted by Crippen LogP contribution is 2.27. The van der Waals surface area contributed by atoms with Crippen molar-refractivity contribution in [1.29, 1.82) is 0 Å². The van der Waals surface area contributed by atoms with Crippen molar-refractivity contribution in [3.05, 3.63) is 80.9 Å². The summed E-state index contributed by atoms with van der Waals surface area (Å²) in [6.45, 7) is 0. The van der Waals surface area contributed by atoms with Gasteiger partial charge in [-0.1, -0.05) is 41.4 Å². The summed E-state index contributed by atoms with van der Waals surface area (Å²) in [5.74, 6) is -0.258. The molecule has 120 valence electrons. The number of hydrogen-bond donors (Lipinski definition) is 1. The van der Waals surface area contributed by atoms with E-state index in [0.717, 1.165) is 10.0 Å². The predicted octanol–water partition coefficient (Wildman–Crippen LogP) is 6.07. The van der Waals surface area contributed by atoms with Gasteiger partial charge >= 0.3 is 0 Å². The standard InChI is InChI=1S/C18H11BrCl2N2O/c19-14-7-6-12(9-16(14)21)23-18(24)11-5-8-17(22-10-11)13-3-1-2-4-15(13)20/h1-10H,(H,23,24). The lowest BCUT2D eigenvalue weighted by molar-refractivity contribution is 0.102. The Morgan fingerprint density at radius 2 is 1.79 bits per heavy atom. The van der Waals surface area contributed by atoms with Crippen LogP contribution in [0.25, 0.3) is 11.3 Å². The molecule has 0 fully saturated rings. The first-order valence-corrected chi connectivity index (χ1v) is 8.57. The Morgan fingerprint density at radius 3 is 2.46 bits per heavy atom. The normalized spacial score (nSPS) is 10.5. The average Bonchev–Trinajstić information content (AvgIpc) is 2.59. The molecular formula is C18H11BrCl2N2O. The summed E-state index contributed by atoms with van der Waals surface area (Å²) in [4.78, 5) is 16.6. The minimum Gasteiger partial charge on any atom is -0.322 e. The van der Waals surface area contributed by atoms with Crippen LogP contribution in [0.4, 0.5) is 5.69 Å². The van der Waals surface area contributed by atoms with Gasteiger partial charge in [0.05, 0.1) is 16.3 Å². The monoisotopic (exact) mass is 420 g/mol. The molecule has 0 saturated heterocycles. The van der Waals surface area contributed by atoms with Gasteiger partial charge < -0.3 is 5.32 Å². The van der Waals surface area contributed by atoms with E-state index in [2.05, 4.69) is 26.2 Å². The SMILES string of the molecule is O=C(Nc1ccc(Br)c(Cl)c1)c1ccc(-c2ccccc2Cl)nc1. The number of aromatic nitrogens is 1. The number of anilines is 1. The van der Waals surface area contributed by atoms with Crippen molar-refractivity contribution >= 4 is 50.7 Å². The van der Waals surface area contributed by atoms with Gasteiger partial charge in [-0.2, -0.15) is 0 Å². The van der Waals surface area contributed by atoms with E-state index in [1.165, 1.54) is 6.20 Å². The summed E-state index contributed by atoms with van der Waals surface area (Å²) in [7, 11) is 0. The highest BCUT2D eigenvalue weighted by atomic mass is 79.9. The van der Waals surface area contributed by atoms with Crippen LogP contribution in [0.3, 0.4) is 0 Å². The van der Waals surface area contributed by atoms with Crippen LogP contribution in [-0.4, -0.2) is 10.9 Å². The first-order valence-electron chi connectivity index (χ1n) is 7.02. The number of halogens is 3. The van der Waals surface area contributed by atoms with E-state index in [0.29, 0.717) is 27.0 Å². The quantitative estimate of drug-likeness (QED) is 0.557. The molecule has 0 bridgehead atoms. The number of amides is 1. The van der Waals surface area contributed by atoms with Crippen molar-refractivity contribution in [1.82, 2.24) is 4.98 Å². The molecule has 0 atom stereocenters. The number of carbonyl (C=O) groups is 1. The van der Waals surface area contributed by atoms with Gasteiger partial charge in [0.2, 0.25) is 0 Å². The molecule has 0 radical (unpaired) electrons. The molecule has 0 saturated carbocycles. The second-order valence-corrected chi connectivity index (χ2v) is 6.66. The number of benzene rings is 2. The molecule has 1 amide bonds. The van der Waals surface area contributed by atoms with E-state index in [4.69, 9.17) is 23.2 Å². The summed E-state index contributed by atoms with van der Waals surface area (Å²) < 4.78 is 0.771. The molecule has 2 aromatic carbocycles. The molecule has 6 heteroatoms. The Morgan fingerprint density at radius 1 is 1.00 bits per heavy atom. The van der Waals surface area contributed by atoms with Crippen molar-refractivity contribution in [3.63, 3.8) is 0 Å². The van der Waals surface area contributed by atoms with Crippen LogP contribution in [0.2, 0.25) is 10.0 Å². The van der Waals surface area contributed by atoms with Gasteiger partial charge in [0.25, 0.3) is 5.91 Å². The van der Waals surface area contributed by atoms with Crippen molar-refractivity contribution < 1.29 is 4.79 Å². The largest absolute Gasteiger partial charge is 0.322 e. The average molecular weight is 422 g/mol. The molecule has 0 aliphatic rings. The molecule has 3 nitrogen and oxygen atoms in total. The molecule has 0 spiro atoms. The number of hydrogen-bond acceptors (Lipinski definition) is 2. The highest BCUT2D eigenvalue weighted by molar-refractivity contribution is 9.10. The van der Waals surface area contributed by atoms with Crippen molar-refractivity contribution in [2.24, 2.45) is 0 Å². The third-order valence-corrected chi connectivity index (χ3v) is 4.92. The molecule has 24 heavy (non-hydrogen) atoms. The van der Waals surface area contributed by atoms with Crippen LogP contribution >= 0.6 is 39.1 Å². The van der Waals surface area contributed by atoms with E-state index >= 15 is 0 Å². The van der Waals surface area contributed by atoms with Crippen molar-refractivity contribution in [3.8, 4) is 11.3 Å². The Labute approximate surface area is 157 Å². The smallest absolute Gasteiger partial charge is 0.257 e. The lowest BCUT2D eigenvalue weighted by Gasteiger charge is -2.07. The summed E-state index contributed by atoms with van der Waals surface area (Å²) in [6.07, 6.45) is 1.52. The van der Waals surface area contributed by atoms with Crippen LogP contribution in [0.15, 0.2) is 65.3 Å². The number of nitrogens with one attached hydrogen (secondary N) is 1. The van der Waals surface area contributed by atoms with Crippen LogP contribution in [0.1, 0.15) is 10.4 Å². The van der Waals surface area contributed by atoms with Gasteiger partial charge in [0, 0.05) is 26.9 Å². The fourth-order valence-electron chi connectivity index (χ4n) is 2.13. The highest BCUT2D eigenvalue weighted by Gasteiger charge is 2.10. The molecule has 0 unspecified atom stereocenters. The predicted molar refractivity (Wildman–Crippen MR) is 102 cm³/mol. The van der Waals surface area contributed by atoms with Crippen LogP contribution in [-0.2, 0) is 0 Å². The lowest BCUT2D eigenvalue weighted by atomic mass is 10.1. The van der Waals surface area contributed by atoms with Gasteiger partial charge in [-0.25, -0.2) is 0 Å². The van der Waals surface area contributed by atoms with Crippen molar-refractivity contribution in [2.75, 3.05) is 5.32 Å². The molecular weight excluding hydrogens is 411 g/mol. The van der Waals surface area contributed by atoms with Crippen LogP contribution in [0.5, 0.6) is 0 Å². The first kappa shape index (κ1) is 17.0. The fraction of sp³-hybridized carbons (Fsp3) is 0. The number of rotatable bonds is 3. The summed E-state index contributed by atoms with van der Waals surface area (Å²) in [6, 6.07) is 16.1. The molecule has 0 aliphatic carbocycles. The van der Waals surface area contributed by atoms with Gasteiger partial charge in [-0.15, -0.1) is 0 Å². The third kappa shape index (κ3) is 3.78.